The summed E-state index contributed by atoms with van der Waals surface area (Å²) in [7, 11) is 0. The van der Waals surface area contributed by atoms with Gasteiger partial charge in [-0.1, -0.05) is 204 Å². The summed E-state index contributed by atoms with van der Waals surface area (Å²) in [6.45, 7) is 25.5. The van der Waals surface area contributed by atoms with E-state index in [0.717, 1.165) is 45.3 Å². The second-order valence-electron chi connectivity index (χ2n) is 21.6. The number of benzene rings is 8. The Morgan fingerprint density at radius 3 is 1.20 bits per heavy atom. The molecule has 1 aliphatic rings. The molecule has 0 unspecified atom stereocenters. The summed E-state index contributed by atoms with van der Waals surface area (Å²) in [5.41, 5.74) is 20.4. The van der Waals surface area contributed by atoms with Gasteiger partial charge in [0.2, 0.25) is 0 Å². The highest BCUT2D eigenvalue weighted by Gasteiger charge is 2.36. The van der Waals surface area contributed by atoms with E-state index >= 15 is 0 Å². The molecule has 65 heavy (non-hydrogen) atoms. The lowest BCUT2D eigenvalue weighted by Crippen LogP contribution is -2.20. The fraction of sp³-hybridized carbons (Fsp3) is 0.238. The van der Waals surface area contributed by atoms with Crippen molar-refractivity contribution in [3.05, 3.63) is 216 Å². The predicted octanol–water partition coefficient (Wildman–Crippen LogP) is 18.2. The van der Waals surface area contributed by atoms with E-state index in [4.69, 9.17) is 0 Å². The van der Waals surface area contributed by atoms with Gasteiger partial charge in [0, 0.05) is 33.7 Å². The molecule has 1 aliphatic carbocycles. The normalized spacial score (nSPS) is 13.3. The van der Waals surface area contributed by atoms with Gasteiger partial charge in [0.15, 0.2) is 0 Å². The van der Waals surface area contributed by atoms with E-state index in [1.54, 1.807) is 0 Å². The van der Waals surface area contributed by atoms with Crippen LogP contribution in [-0.4, -0.2) is 0 Å². The molecule has 0 saturated carbocycles. The van der Waals surface area contributed by atoms with Crippen LogP contribution in [0, 0.1) is 0 Å². The molecule has 0 bridgehead atoms. The molecule has 0 saturated heterocycles. The maximum atomic E-state index is 2.53. The van der Waals surface area contributed by atoms with E-state index in [1.165, 1.54) is 50.1 Å². The zero-order valence-electron chi connectivity index (χ0n) is 40.3. The van der Waals surface area contributed by atoms with Gasteiger partial charge < -0.3 is 9.80 Å². The van der Waals surface area contributed by atoms with Crippen molar-refractivity contribution in [2.45, 2.75) is 97.8 Å². The van der Waals surface area contributed by atoms with Crippen LogP contribution in [-0.2, 0) is 21.7 Å². The average molecular weight is 849 g/mol. The second kappa shape index (κ2) is 16.4. The Labute approximate surface area is 389 Å². The van der Waals surface area contributed by atoms with Gasteiger partial charge in [0.05, 0.1) is 11.4 Å². The maximum absolute atomic E-state index is 2.53. The molecule has 326 valence electrons. The Bertz CT molecular complexity index is 2950. The van der Waals surface area contributed by atoms with Crippen molar-refractivity contribution in [1.29, 1.82) is 0 Å². The molecule has 0 aliphatic heterocycles. The van der Waals surface area contributed by atoms with Crippen LogP contribution in [0.2, 0.25) is 0 Å². The smallest absolute Gasteiger partial charge is 0.0564 e. The van der Waals surface area contributed by atoms with E-state index < -0.39 is 0 Å². The topological polar surface area (TPSA) is 6.48 Å². The van der Waals surface area contributed by atoms with Crippen molar-refractivity contribution >= 4 is 34.1 Å². The SMILES string of the molecule is CC(C)(C)c1ccc(N(c2ccc(-c3ccccc3)cc2)c2cc(C(C)(C)C)cc(N(c3ccc(C(C)(C)C)cc3)c3ccc4c(c3)C(C)(C)c3ccccc3-4)c2-c2ccccc2)cc1. The highest BCUT2D eigenvalue weighted by atomic mass is 15.2. The summed E-state index contributed by atoms with van der Waals surface area (Å²) in [5, 5.41) is 0. The molecular weight excluding hydrogens is 785 g/mol. The first-order chi connectivity index (χ1) is 30.9. The monoisotopic (exact) mass is 849 g/mol. The van der Waals surface area contributed by atoms with E-state index in [2.05, 4.69) is 274 Å². The van der Waals surface area contributed by atoms with Gasteiger partial charge in [0.25, 0.3) is 0 Å². The summed E-state index contributed by atoms with van der Waals surface area (Å²) in [5.74, 6) is 0. The fourth-order valence-corrected chi connectivity index (χ4v) is 9.64. The largest absolute Gasteiger partial charge is 0.310 e. The van der Waals surface area contributed by atoms with Gasteiger partial charge in [-0.05, 0) is 133 Å². The maximum Gasteiger partial charge on any atom is 0.0564 e. The summed E-state index contributed by atoms with van der Waals surface area (Å²) in [6, 6.07) is 70.4. The molecule has 0 N–H and O–H groups in total. The van der Waals surface area contributed by atoms with Gasteiger partial charge in [-0.15, -0.1) is 0 Å². The number of fused-ring (bicyclic) bond motifs is 3. The molecular formula is C63H64N2. The zero-order valence-corrected chi connectivity index (χ0v) is 40.3. The minimum absolute atomic E-state index is 0.0142. The van der Waals surface area contributed by atoms with Crippen LogP contribution in [0.25, 0.3) is 33.4 Å². The molecule has 0 radical (unpaired) electrons. The molecule has 8 aromatic rings. The zero-order chi connectivity index (χ0) is 45.9. The van der Waals surface area contributed by atoms with Gasteiger partial charge in [0.1, 0.15) is 0 Å². The minimum Gasteiger partial charge on any atom is -0.310 e. The van der Waals surface area contributed by atoms with Crippen molar-refractivity contribution in [2.24, 2.45) is 0 Å². The number of rotatable bonds is 8. The van der Waals surface area contributed by atoms with Crippen LogP contribution in [0.15, 0.2) is 188 Å². The van der Waals surface area contributed by atoms with E-state index in [-0.39, 0.29) is 21.7 Å². The lowest BCUT2D eigenvalue weighted by Gasteiger charge is -2.36. The Balaban J connectivity index is 1.36. The highest BCUT2D eigenvalue weighted by molar-refractivity contribution is 6.00. The molecule has 0 heterocycles. The van der Waals surface area contributed by atoms with Crippen molar-refractivity contribution in [3.63, 3.8) is 0 Å². The third kappa shape index (κ3) is 8.32. The van der Waals surface area contributed by atoms with Crippen LogP contribution in [0.5, 0.6) is 0 Å². The average Bonchev–Trinajstić information content (AvgIpc) is 3.52. The third-order valence-corrected chi connectivity index (χ3v) is 13.5. The molecule has 0 spiro atoms. The first kappa shape index (κ1) is 43.6. The Morgan fingerprint density at radius 2 is 0.708 bits per heavy atom. The summed E-state index contributed by atoms with van der Waals surface area (Å²) in [6.07, 6.45) is 0. The second-order valence-corrected chi connectivity index (χ2v) is 21.6. The van der Waals surface area contributed by atoms with Crippen molar-refractivity contribution < 1.29 is 0 Å². The van der Waals surface area contributed by atoms with Gasteiger partial charge in [-0.25, -0.2) is 0 Å². The Kier molecular flexibility index (Phi) is 11.0. The molecule has 0 amide bonds. The molecule has 0 aromatic heterocycles. The lowest BCUT2D eigenvalue weighted by atomic mass is 9.82. The molecule has 0 fully saturated rings. The van der Waals surface area contributed by atoms with Crippen LogP contribution >= 0.6 is 0 Å². The van der Waals surface area contributed by atoms with Gasteiger partial charge >= 0.3 is 0 Å². The summed E-state index contributed by atoms with van der Waals surface area (Å²) >= 11 is 0. The molecule has 9 rings (SSSR count). The van der Waals surface area contributed by atoms with Crippen molar-refractivity contribution in [2.75, 3.05) is 9.80 Å². The van der Waals surface area contributed by atoms with Crippen LogP contribution in [0.4, 0.5) is 34.1 Å². The van der Waals surface area contributed by atoms with E-state index in [9.17, 15) is 0 Å². The number of hydrogen-bond donors (Lipinski definition) is 0. The summed E-state index contributed by atoms with van der Waals surface area (Å²) < 4.78 is 0. The Morgan fingerprint density at radius 1 is 0.323 bits per heavy atom. The number of nitrogens with zero attached hydrogens (tertiary/aromatic N) is 2. The number of anilines is 6. The standard InChI is InChI=1S/C63H64N2/c1-60(2,3)46-28-34-50(35-29-46)64(49-32-26-44(27-33-49)43-20-14-12-15-21-43)57-40-48(62(7,8)9)41-58(59(57)45-22-16-13-17-23-45)65(51-36-30-47(31-37-51)61(4,5)6)52-38-39-54-53-24-18-19-25-55(53)63(10,11)56(54)42-52/h12-42H,1-11H3. The molecule has 2 nitrogen and oxygen atoms in total. The summed E-state index contributed by atoms with van der Waals surface area (Å²) in [4.78, 5) is 5.03. The van der Waals surface area contributed by atoms with Crippen LogP contribution < -0.4 is 9.80 Å². The molecule has 8 aromatic carbocycles. The fourth-order valence-electron chi connectivity index (χ4n) is 9.64. The first-order valence-electron chi connectivity index (χ1n) is 23.3. The van der Waals surface area contributed by atoms with Crippen LogP contribution in [0.1, 0.15) is 104 Å². The van der Waals surface area contributed by atoms with Crippen LogP contribution in [0.3, 0.4) is 0 Å². The van der Waals surface area contributed by atoms with Crippen molar-refractivity contribution in [1.82, 2.24) is 0 Å². The Hall–Kier alpha value is -6.64. The van der Waals surface area contributed by atoms with Crippen molar-refractivity contribution in [3.8, 4) is 33.4 Å². The van der Waals surface area contributed by atoms with Gasteiger partial charge in [-0.3, -0.25) is 0 Å². The predicted molar refractivity (Wildman–Crippen MR) is 280 cm³/mol. The first-order valence-corrected chi connectivity index (χ1v) is 23.3. The highest BCUT2D eigenvalue weighted by Crippen LogP contribution is 2.54. The molecule has 2 heteroatoms. The van der Waals surface area contributed by atoms with Gasteiger partial charge in [-0.2, -0.15) is 0 Å². The number of hydrogen-bond acceptors (Lipinski definition) is 2. The lowest BCUT2D eigenvalue weighted by molar-refractivity contribution is 0.589. The van der Waals surface area contributed by atoms with E-state index in [1.807, 2.05) is 0 Å². The minimum atomic E-state index is -0.180. The quantitative estimate of drug-likeness (QED) is 0.150. The van der Waals surface area contributed by atoms with E-state index in [0.29, 0.717) is 0 Å². The third-order valence-electron chi connectivity index (χ3n) is 13.5. The molecule has 0 atom stereocenters.